The Kier molecular flexibility index (Phi) is 2.21. The highest BCUT2D eigenvalue weighted by atomic mass is 16.6. The summed E-state index contributed by atoms with van der Waals surface area (Å²) >= 11 is 0. The van der Waals surface area contributed by atoms with E-state index in [1.165, 1.54) is 0 Å². The summed E-state index contributed by atoms with van der Waals surface area (Å²) in [5.41, 5.74) is 0.351. The van der Waals surface area contributed by atoms with Crippen LogP contribution in [-0.2, 0) is 9.53 Å². The topological polar surface area (TPSA) is 63.7 Å². The van der Waals surface area contributed by atoms with Crippen molar-refractivity contribution in [3.8, 4) is 0 Å². The van der Waals surface area contributed by atoms with Crippen LogP contribution in [0.15, 0.2) is 30.3 Å². The first kappa shape index (κ1) is 9.39. The van der Waals surface area contributed by atoms with Crippen LogP contribution in [0.1, 0.15) is 10.4 Å². The summed E-state index contributed by atoms with van der Waals surface area (Å²) < 4.78 is 4.24. The average molecular weight is 205 g/mol. The fraction of sp³-hybridized carbons (Fsp3) is 0.100. The Hall–Kier alpha value is -2.17. The molecular weight excluding hydrogens is 198 g/mol. The van der Waals surface area contributed by atoms with Crippen molar-refractivity contribution < 1.29 is 19.1 Å². The molecular formula is C10H7NO4. The van der Waals surface area contributed by atoms with Crippen LogP contribution in [0, 0.1) is 0 Å². The Morgan fingerprint density at radius 1 is 1.20 bits per heavy atom. The molecule has 0 radical (unpaired) electrons. The second kappa shape index (κ2) is 3.53. The second-order valence-corrected chi connectivity index (χ2v) is 3.00. The van der Waals surface area contributed by atoms with E-state index in [2.05, 4.69) is 4.74 Å². The third-order valence-corrected chi connectivity index (χ3v) is 1.97. The van der Waals surface area contributed by atoms with Gasteiger partial charge < -0.3 is 4.74 Å². The Morgan fingerprint density at radius 2 is 1.87 bits per heavy atom. The number of esters is 1. The van der Waals surface area contributed by atoms with Gasteiger partial charge in [0.15, 0.2) is 0 Å². The highest BCUT2D eigenvalue weighted by Gasteiger charge is 2.35. The first-order valence-corrected chi connectivity index (χ1v) is 4.30. The SMILES string of the molecule is O=C1CN(C(=O)c2ccccc2)C(=O)O1. The highest BCUT2D eigenvalue weighted by Crippen LogP contribution is 2.10. The molecule has 0 spiro atoms. The molecule has 1 aliphatic heterocycles. The molecule has 76 valence electrons. The molecule has 1 saturated heterocycles. The largest absolute Gasteiger partial charge is 0.425 e. The fourth-order valence-electron chi connectivity index (χ4n) is 1.27. The molecule has 1 aromatic carbocycles. The van der Waals surface area contributed by atoms with Crippen molar-refractivity contribution in [2.75, 3.05) is 6.54 Å². The molecule has 0 saturated carbocycles. The molecule has 1 fully saturated rings. The van der Waals surface area contributed by atoms with Crippen molar-refractivity contribution in [2.24, 2.45) is 0 Å². The Balaban J connectivity index is 2.23. The van der Waals surface area contributed by atoms with Gasteiger partial charge in [-0.2, -0.15) is 0 Å². The molecule has 1 heterocycles. The van der Waals surface area contributed by atoms with E-state index in [4.69, 9.17) is 0 Å². The molecule has 5 nitrogen and oxygen atoms in total. The summed E-state index contributed by atoms with van der Waals surface area (Å²) in [5.74, 6) is -1.23. The first-order chi connectivity index (χ1) is 7.18. The van der Waals surface area contributed by atoms with Gasteiger partial charge in [0, 0.05) is 5.56 Å². The van der Waals surface area contributed by atoms with Crippen LogP contribution in [0.3, 0.4) is 0 Å². The monoisotopic (exact) mass is 205 g/mol. The smallest absolute Gasteiger partial charge is 0.374 e. The van der Waals surface area contributed by atoms with Crippen molar-refractivity contribution >= 4 is 18.0 Å². The van der Waals surface area contributed by atoms with Gasteiger partial charge in [0.2, 0.25) is 0 Å². The van der Waals surface area contributed by atoms with Crippen molar-refractivity contribution in [1.82, 2.24) is 4.90 Å². The van der Waals surface area contributed by atoms with Gasteiger partial charge in [0.25, 0.3) is 5.91 Å². The van der Waals surface area contributed by atoms with Crippen molar-refractivity contribution in [1.29, 1.82) is 0 Å². The van der Waals surface area contributed by atoms with Gasteiger partial charge in [0.05, 0.1) is 0 Å². The molecule has 1 aliphatic rings. The maximum absolute atomic E-state index is 11.7. The van der Waals surface area contributed by atoms with E-state index in [1.54, 1.807) is 30.3 Å². The Bertz CT molecular complexity index is 426. The average Bonchev–Trinajstić information content (AvgIpc) is 2.58. The lowest BCUT2D eigenvalue weighted by Gasteiger charge is -2.08. The van der Waals surface area contributed by atoms with E-state index in [-0.39, 0.29) is 6.54 Å². The van der Waals surface area contributed by atoms with Gasteiger partial charge in [-0.3, -0.25) is 4.79 Å². The van der Waals surface area contributed by atoms with Gasteiger partial charge in [-0.1, -0.05) is 18.2 Å². The third kappa shape index (κ3) is 1.71. The Labute approximate surface area is 85.2 Å². The Morgan fingerprint density at radius 3 is 2.40 bits per heavy atom. The maximum atomic E-state index is 11.7. The van der Waals surface area contributed by atoms with Gasteiger partial charge >= 0.3 is 12.1 Å². The summed E-state index contributed by atoms with van der Waals surface area (Å²) in [6, 6.07) is 8.24. The van der Waals surface area contributed by atoms with E-state index in [9.17, 15) is 14.4 Å². The zero-order chi connectivity index (χ0) is 10.8. The molecule has 1 aromatic rings. The zero-order valence-electron chi connectivity index (χ0n) is 7.67. The van der Waals surface area contributed by atoms with E-state index < -0.39 is 18.0 Å². The maximum Gasteiger partial charge on any atom is 0.425 e. The van der Waals surface area contributed by atoms with Crippen LogP contribution in [0.2, 0.25) is 0 Å². The van der Waals surface area contributed by atoms with Crippen molar-refractivity contribution in [2.45, 2.75) is 0 Å². The number of benzene rings is 1. The number of cyclic esters (lactones) is 2. The van der Waals surface area contributed by atoms with Gasteiger partial charge in [-0.15, -0.1) is 0 Å². The quantitative estimate of drug-likeness (QED) is 0.502. The van der Waals surface area contributed by atoms with Crippen molar-refractivity contribution in [3.63, 3.8) is 0 Å². The van der Waals surface area contributed by atoms with Gasteiger partial charge in [-0.05, 0) is 12.1 Å². The predicted octanol–water partition coefficient (Wildman–Crippen LogP) is 0.806. The fourth-order valence-corrected chi connectivity index (χ4v) is 1.27. The number of nitrogens with zero attached hydrogens (tertiary/aromatic N) is 1. The number of hydrogen-bond donors (Lipinski definition) is 0. The number of hydrogen-bond acceptors (Lipinski definition) is 4. The molecule has 0 aromatic heterocycles. The van der Waals surface area contributed by atoms with Gasteiger partial charge in [-0.25, -0.2) is 14.5 Å². The van der Waals surface area contributed by atoms with Crippen LogP contribution in [-0.4, -0.2) is 29.4 Å². The third-order valence-electron chi connectivity index (χ3n) is 1.97. The van der Waals surface area contributed by atoms with Crippen LogP contribution in [0.25, 0.3) is 0 Å². The number of rotatable bonds is 1. The van der Waals surface area contributed by atoms with E-state index in [1.807, 2.05) is 0 Å². The summed E-state index contributed by atoms with van der Waals surface area (Å²) in [5, 5.41) is 0. The summed E-state index contributed by atoms with van der Waals surface area (Å²) in [6.45, 7) is -0.313. The van der Waals surface area contributed by atoms with Crippen LogP contribution < -0.4 is 0 Å². The number of carbonyl (C=O) groups is 3. The summed E-state index contributed by atoms with van der Waals surface area (Å²) in [6.07, 6.45) is -0.908. The molecule has 0 aliphatic carbocycles. The number of ether oxygens (including phenoxy) is 1. The lowest BCUT2D eigenvalue weighted by Crippen LogP contribution is -2.31. The highest BCUT2D eigenvalue weighted by molar-refractivity contribution is 6.09. The molecule has 0 unspecified atom stereocenters. The zero-order valence-corrected chi connectivity index (χ0v) is 7.67. The minimum atomic E-state index is -0.908. The molecule has 15 heavy (non-hydrogen) atoms. The molecule has 2 rings (SSSR count). The van der Waals surface area contributed by atoms with E-state index in [0.717, 1.165) is 4.90 Å². The lowest BCUT2D eigenvalue weighted by atomic mass is 10.2. The van der Waals surface area contributed by atoms with E-state index in [0.29, 0.717) is 5.56 Å². The van der Waals surface area contributed by atoms with Crippen LogP contribution in [0.4, 0.5) is 4.79 Å². The molecule has 2 amide bonds. The lowest BCUT2D eigenvalue weighted by molar-refractivity contribution is -0.132. The van der Waals surface area contributed by atoms with E-state index >= 15 is 0 Å². The van der Waals surface area contributed by atoms with Crippen LogP contribution in [0.5, 0.6) is 0 Å². The standard InChI is InChI=1S/C10H7NO4/c12-8-6-11(10(14)15-8)9(13)7-4-2-1-3-5-7/h1-5H,6H2. The van der Waals surface area contributed by atoms with Crippen LogP contribution >= 0.6 is 0 Å². The number of carbonyl (C=O) groups excluding carboxylic acids is 3. The minimum Gasteiger partial charge on any atom is -0.374 e. The number of imide groups is 1. The molecule has 0 atom stereocenters. The molecule has 5 heteroatoms. The molecule has 0 N–H and O–H groups in total. The first-order valence-electron chi connectivity index (χ1n) is 4.30. The predicted molar refractivity (Wildman–Crippen MR) is 49.0 cm³/mol. The second-order valence-electron chi connectivity index (χ2n) is 3.00. The number of amides is 2. The van der Waals surface area contributed by atoms with Gasteiger partial charge in [0.1, 0.15) is 6.54 Å². The minimum absolute atomic E-state index is 0.313. The summed E-state index contributed by atoms with van der Waals surface area (Å²) in [7, 11) is 0. The summed E-state index contributed by atoms with van der Waals surface area (Å²) in [4.78, 5) is 34.3. The van der Waals surface area contributed by atoms with Crippen molar-refractivity contribution in [3.05, 3.63) is 35.9 Å². The molecule has 0 bridgehead atoms. The normalized spacial score (nSPS) is 15.3.